The van der Waals surface area contributed by atoms with Gasteiger partial charge in [0.05, 0.1) is 30.5 Å². The number of rotatable bonds is 8. The quantitative estimate of drug-likeness (QED) is 0.112. The predicted molar refractivity (Wildman–Crippen MR) is 266 cm³/mol. The third-order valence-corrected chi connectivity index (χ3v) is 14.7. The minimum absolute atomic E-state index is 0. The number of hydrogen-bond acceptors (Lipinski definition) is 4. The van der Waals surface area contributed by atoms with Gasteiger partial charge in [0.15, 0.2) is 0 Å². The zero-order valence-electron chi connectivity index (χ0n) is 38.4. The van der Waals surface area contributed by atoms with Crippen LogP contribution in [0.3, 0.4) is 0 Å². The Morgan fingerprint density at radius 1 is 0.766 bits per heavy atom. The van der Waals surface area contributed by atoms with Crippen molar-refractivity contribution < 1.29 is 24.5 Å². The molecule has 0 saturated heterocycles. The van der Waals surface area contributed by atoms with E-state index in [4.69, 9.17) is 14.4 Å². The van der Waals surface area contributed by atoms with Gasteiger partial charge in [-0.05, 0) is 87.6 Å². The molecule has 1 radical (unpaired) electrons. The zero-order valence-corrected chi connectivity index (χ0v) is 41.8. The van der Waals surface area contributed by atoms with E-state index < -0.39 is 8.07 Å². The minimum Gasteiger partial charge on any atom is -0.486 e. The van der Waals surface area contributed by atoms with E-state index in [1.54, 1.807) is 0 Å². The molecule has 5 nitrogen and oxygen atoms in total. The Kier molecular flexibility index (Phi) is 13.1. The second-order valence-electron chi connectivity index (χ2n) is 19.7. The van der Waals surface area contributed by atoms with Crippen LogP contribution in [0.5, 0.6) is 0 Å². The van der Waals surface area contributed by atoms with E-state index in [-0.39, 0.29) is 25.5 Å². The molecule has 0 amide bonds. The largest absolute Gasteiger partial charge is 0.486 e. The Balaban J connectivity index is 0.000000236. The van der Waals surface area contributed by atoms with Crippen molar-refractivity contribution in [1.82, 2.24) is 19.5 Å². The molecule has 0 unspecified atom stereocenters. The molecule has 1 fully saturated rings. The van der Waals surface area contributed by atoms with Gasteiger partial charge in [-0.2, -0.15) is 0 Å². The van der Waals surface area contributed by atoms with Crippen molar-refractivity contribution in [2.45, 2.75) is 97.7 Å². The minimum atomic E-state index is -1.34. The first kappa shape index (κ1) is 45.1. The molecule has 0 spiro atoms. The molecule has 10 rings (SSSR count). The molecule has 0 bridgehead atoms. The molecular weight excluding hydrogens is 977 g/mol. The summed E-state index contributed by atoms with van der Waals surface area (Å²) in [6.07, 6.45) is 8.40. The molecule has 7 heteroatoms. The molecule has 4 aromatic heterocycles. The number of benzene rings is 5. The number of imidazole rings is 1. The average Bonchev–Trinajstić information content (AvgIpc) is 4.04. The van der Waals surface area contributed by atoms with Crippen LogP contribution in [0.2, 0.25) is 19.6 Å². The van der Waals surface area contributed by atoms with E-state index in [9.17, 15) is 0 Å². The molecule has 1 aliphatic carbocycles. The summed E-state index contributed by atoms with van der Waals surface area (Å²) in [4.78, 5) is 14.9. The maximum absolute atomic E-state index is 6.61. The third kappa shape index (κ3) is 9.22. The molecule has 0 atom stereocenters. The van der Waals surface area contributed by atoms with E-state index in [0.29, 0.717) is 11.6 Å². The summed E-state index contributed by atoms with van der Waals surface area (Å²) >= 11 is 0. The molecule has 1 aliphatic rings. The summed E-state index contributed by atoms with van der Waals surface area (Å²) in [5, 5.41) is 3.56. The third-order valence-electron chi connectivity index (χ3n) is 12.6. The van der Waals surface area contributed by atoms with Crippen molar-refractivity contribution in [2.24, 2.45) is 5.92 Å². The molecule has 4 heterocycles. The van der Waals surface area contributed by atoms with Crippen LogP contribution in [0.15, 0.2) is 138 Å². The van der Waals surface area contributed by atoms with E-state index >= 15 is 0 Å². The monoisotopic (exact) mass is 1040 g/mol. The van der Waals surface area contributed by atoms with Crippen molar-refractivity contribution in [2.75, 3.05) is 0 Å². The Morgan fingerprint density at radius 2 is 1.52 bits per heavy atom. The average molecular weight is 1040 g/mol. The Hall–Kier alpha value is -5.46. The molecular formula is C57H58IrN4OSi-2. The number of para-hydroxylation sites is 2. The van der Waals surface area contributed by atoms with Gasteiger partial charge in [0, 0.05) is 43.1 Å². The van der Waals surface area contributed by atoms with Crippen LogP contribution in [0.4, 0.5) is 0 Å². The first-order chi connectivity index (χ1) is 30.3. The van der Waals surface area contributed by atoms with Crippen molar-refractivity contribution in [3.63, 3.8) is 0 Å². The van der Waals surface area contributed by atoms with E-state index in [1.165, 1.54) is 53.1 Å². The smallest absolute Gasteiger partial charge is 0.216 e. The number of hydrogen-bond donors (Lipinski definition) is 0. The van der Waals surface area contributed by atoms with Crippen LogP contribution in [0, 0.1) is 18.1 Å². The van der Waals surface area contributed by atoms with Crippen LogP contribution in [-0.4, -0.2) is 27.6 Å². The van der Waals surface area contributed by atoms with Crippen molar-refractivity contribution >= 4 is 46.4 Å². The van der Waals surface area contributed by atoms with Crippen LogP contribution < -0.4 is 5.19 Å². The second-order valence-corrected chi connectivity index (χ2v) is 24.7. The van der Waals surface area contributed by atoms with Crippen LogP contribution in [-0.2, 0) is 31.9 Å². The maximum atomic E-state index is 6.61. The number of furan rings is 1. The SMILES string of the molecule is CC(C)(C)c1cc(-c2ccccc2)ccc1-n1c(-c2[c-]ccc3c2oc2nc(CC4CCCC4)ccc23)nc2ccccc21.CC(C)c1cc(-c2[c-]cccc2)ncc1[Si](C)(C)C.[Ir]. The molecule has 0 aliphatic heterocycles. The number of pyridine rings is 2. The standard InChI is InChI=1S/C40H36N3O.C17H22NSi.Ir/c1-40(2,3)33-25-28(27-14-5-4-6-15-27)20-23-35(33)43-36-19-10-9-18-34(36)42-38(43)32-17-11-16-30-31-22-21-29(24-26-12-7-8-13-26)41-39(31)44-37(30)32;1-13(2)15-11-16(14-9-7-6-8-10-14)18-12-17(15)19(3,4)5;/h4-6,9-11,14-16,18-23,25-26H,7-8,12-13,24H2,1-3H3;6-9,11-13H,1-5H3;/q2*-1;. The fourth-order valence-electron chi connectivity index (χ4n) is 9.31. The summed E-state index contributed by atoms with van der Waals surface area (Å²) < 4.78 is 8.90. The van der Waals surface area contributed by atoms with Crippen LogP contribution >= 0.6 is 0 Å². The number of fused-ring (bicyclic) bond motifs is 4. The van der Waals surface area contributed by atoms with Gasteiger partial charge in [-0.25, -0.2) is 4.98 Å². The van der Waals surface area contributed by atoms with Gasteiger partial charge in [0.25, 0.3) is 0 Å². The second kappa shape index (κ2) is 18.6. The zero-order chi connectivity index (χ0) is 43.9. The first-order valence-corrected chi connectivity index (χ1v) is 26.2. The summed E-state index contributed by atoms with van der Waals surface area (Å²) in [5.41, 5.74) is 13.7. The van der Waals surface area contributed by atoms with Crippen molar-refractivity contribution in [3.8, 4) is 39.5 Å². The first-order valence-electron chi connectivity index (χ1n) is 22.7. The summed E-state index contributed by atoms with van der Waals surface area (Å²) in [7, 11) is -1.34. The molecule has 0 N–H and O–H groups in total. The molecule has 9 aromatic rings. The number of aromatic nitrogens is 4. The molecule has 327 valence electrons. The van der Waals surface area contributed by atoms with E-state index in [0.717, 1.165) is 73.8 Å². The fraction of sp³-hybridized carbons (Fsp3) is 0.281. The van der Waals surface area contributed by atoms with Crippen LogP contribution in [0.25, 0.3) is 72.6 Å². The van der Waals surface area contributed by atoms with Gasteiger partial charge in [-0.15, -0.1) is 54.1 Å². The van der Waals surface area contributed by atoms with Crippen molar-refractivity contribution in [1.29, 1.82) is 0 Å². The maximum Gasteiger partial charge on any atom is 0.216 e. The summed E-state index contributed by atoms with van der Waals surface area (Å²) in [6.45, 7) is 18.5. The van der Waals surface area contributed by atoms with Gasteiger partial charge >= 0.3 is 0 Å². The van der Waals surface area contributed by atoms with Gasteiger partial charge in [0.2, 0.25) is 5.71 Å². The summed E-state index contributed by atoms with van der Waals surface area (Å²) in [5.74, 6) is 2.09. The van der Waals surface area contributed by atoms with Gasteiger partial charge in [0.1, 0.15) is 0 Å². The van der Waals surface area contributed by atoms with E-state index in [2.05, 4.69) is 179 Å². The fourth-order valence-corrected chi connectivity index (χ4v) is 11.0. The molecule has 5 aromatic carbocycles. The van der Waals surface area contributed by atoms with Crippen molar-refractivity contribution in [3.05, 3.63) is 163 Å². The molecule has 1 saturated carbocycles. The van der Waals surface area contributed by atoms with Crippen LogP contribution in [0.1, 0.15) is 83.0 Å². The predicted octanol–water partition coefficient (Wildman–Crippen LogP) is 14.7. The van der Waals surface area contributed by atoms with Gasteiger partial charge < -0.3 is 14.0 Å². The van der Waals surface area contributed by atoms with E-state index in [1.807, 2.05) is 30.3 Å². The topological polar surface area (TPSA) is 56.7 Å². The normalized spacial score (nSPS) is 13.4. The van der Waals surface area contributed by atoms with Gasteiger partial charge in [-0.3, -0.25) is 4.98 Å². The Morgan fingerprint density at radius 3 is 2.23 bits per heavy atom. The Labute approximate surface area is 393 Å². The summed E-state index contributed by atoms with van der Waals surface area (Å²) in [6, 6.07) is 51.3. The number of nitrogens with zero attached hydrogens (tertiary/aromatic N) is 4. The molecule has 64 heavy (non-hydrogen) atoms. The van der Waals surface area contributed by atoms with Gasteiger partial charge in [-0.1, -0.05) is 151 Å². The Bertz CT molecular complexity index is 3040.